The summed E-state index contributed by atoms with van der Waals surface area (Å²) in [5.41, 5.74) is 4.72. The van der Waals surface area contributed by atoms with E-state index < -0.39 is 17.5 Å². The molecule has 0 atom stereocenters. The van der Waals surface area contributed by atoms with Crippen LogP contribution in [-0.2, 0) is 12.6 Å². The van der Waals surface area contributed by atoms with Crippen molar-refractivity contribution in [3.8, 4) is 0 Å². The molecule has 1 aromatic carbocycles. The molecule has 0 saturated heterocycles. The Morgan fingerprint density at radius 1 is 1.20 bits per heavy atom. The summed E-state index contributed by atoms with van der Waals surface area (Å²) in [6, 6.07) is 2.26. The van der Waals surface area contributed by atoms with Crippen molar-refractivity contribution < 1.29 is 18.0 Å². The molecular formula is C10H8F3NO. The second-order valence-corrected chi connectivity index (χ2v) is 3.52. The Morgan fingerprint density at radius 3 is 2.47 bits per heavy atom. The summed E-state index contributed by atoms with van der Waals surface area (Å²) >= 11 is 0. The Balaban J connectivity index is 2.69. The molecule has 0 unspecified atom stereocenters. The average Bonchev–Trinajstić information content (AvgIpc) is 2.44. The number of nitrogens with two attached hydrogens (primary N) is 1. The number of carbonyl (C=O) groups is 1. The third-order valence-corrected chi connectivity index (χ3v) is 2.45. The summed E-state index contributed by atoms with van der Waals surface area (Å²) < 4.78 is 37.8. The Kier molecular flexibility index (Phi) is 1.99. The quantitative estimate of drug-likeness (QED) is 0.675. The highest BCUT2D eigenvalue weighted by molar-refractivity contribution is 6.02. The molecule has 1 aliphatic carbocycles. The molecule has 80 valence electrons. The highest BCUT2D eigenvalue weighted by atomic mass is 19.4. The maximum Gasteiger partial charge on any atom is 0.417 e. The van der Waals surface area contributed by atoms with Crippen LogP contribution in [0.15, 0.2) is 12.1 Å². The number of aryl methyl sites for hydroxylation is 1. The molecule has 0 bridgehead atoms. The number of ketones is 1. The molecule has 2 rings (SSSR count). The average molecular weight is 215 g/mol. The largest absolute Gasteiger partial charge is 0.417 e. The molecule has 0 fully saturated rings. The van der Waals surface area contributed by atoms with E-state index in [-0.39, 0.29) is 17.7 Å². The number of benzene rings is 1. The van der Waals surface area contributed by atoms with Crippen LogP contribution in [0, 0.1) is 0 Å². The summed E-state index contributed by atoms with van der Waals surface area (Å²) in [4.78, 5) is 11.3. The second kappa shape index (κ2) is 2.98. The molecule has 2 nitrogen and oxygen atoms in total. The first-order chi connectivity index (χ1) is 6.89. The van der Waals surface area contributed by atoms with Crippen LogP contribution >= 0.6 is 0 Å². The summed E-state index contributed by atoms with van der Waals surface area (Å²) in [5, 5.41) is 0. The first kappa shape index (κ1) is 10.0. The van der Waals surface area contributed by atoms with Crippen molar-refractivity contribution in [3.05, 3.63) is 28.8 Å². The zero-order chi connectivity index (χ0) is 11.2. The van der Waals surface area contributed by atoms with Crippen molar-refractivity contribution in [1.29, 1.82) is 0 Å². The predicted molar refractivity (Wildman–Crippen MR) is 48.5 cm³/mol. The van der Waals surface area contributed by atoms with Gasteiger partial charge in [0.25, 0.3) is 0 Å². The Morgan fingerprint density at radius 2 is 1.87 bits per heavy atom. The molecule has 0 saturated carbocycles. The third kappa shape index (κ3) is 1.58. The Bertz CT molecular complexity index is 437. The Labute approximate surface area is 83.9 Å². The minimum Gasteiger partial charge on any atom is -0.399 e. The minimum absolute atomic E-state index is 0.0516. The first-order valence-electron chi connectivity index (χ1n) is 4.42. The van der Waals surface area contributed by atoms with Crippen molar-refractivity contribution in [3.63, 3.8) is 0 Å². The predicted octanol–water partition coefficient (Wildman–Crippen LogP) is 2.42. The topological polar surface area (TPSA) is 43.1 Å². The van der Waals surface area contributed by atoms with E-state index in [0.717, 1.165) is 6.07 Å². The molecule has 2 N–H and O–H groups in total. The highest BCUT2D eigenvalue weighted by Gasteiger charge is 2.38. The number of fused-ring (bicyclic) bond motifs is 1. The molecule has 0 spiro atoms. The van der Waals surface area contributed by atoms with Gasteiger partial charge in [-0.15, -0.1) is 0 Å². The summed E-state index contributed by atoms with van der Waals surface area (Å²) in [5.74, 6) is -0.447. The number of hydrogen-bond acceptors (Lipinski definition) is 2. The van der Waals surface area contributed by atoms with Gasteiger partial charge in [0.2, 0.25) is 0 Å². The van der Waals surface area contributed by atoms with Gasteiger partial charge >= 0.3 is 6.18 Å². The van der Waals surface area contributed by atoms with Gasteiger partial charge in [-0.3, -0.25) is 4.79 Å². The molecule has 15 heavy (non-hydrogen) atoms. The third-order valence-electron chi connectivity index (χ3n) is 2.45. The molecule has 0 aliphatic heterocycles. The van der Waals surface area contributed by atoms with E-state index in [2.05, 4.69) is 0 Å². The van der Waals surface area contributed by atoms with E-state index in [0.29, 0.717) is 12.0 Å². The van der Waals surface area contributed by atoms with E-state index in [4.69, 9.17) is 5.73 Å². The van der Waals surface area contributed by atoms with Gasteiger partial charge in [-0.25, -0.2) is 0 Å². The van der Waals surface area contributed by atoms with Crippen LogP contribution in [0.4, 0.5) is 18.9 Å². The van der Waals surface area contributed by atoms with E-state index >= 15 is 0 Å². The van der Waals surface area contributed by atoms with Gasteiger partial charge in [-0.2, -0.15) is 13.2 Å². The number of halogens is 3. The molecule has 1 aromatic rings. The standard InChI is InChI=1S/C10H8F3NO/c11-10(12,13)7-4-6(14)3-5-1-2-8(15)9(5)7/h3-4H,1-2,14H2. The first-order valence-corrected chi connectivity index (χ1v) is 4.42. The summed E-state index contributed by atoms with van der Waals surface area (Å²) in [6.07, 6.45) is -4.02. The van der Waals surface area contributed by atoms with Gasteiger partial charge in [0.15, 0.2) is 5.78 Å². The summed E-state index contributed by atoms with van der Waals surface area (Å²) in [6.45, 7) is 0. The SMILES string of the molecule is Nc1cc2c(c(C(F)(F)F)c1)C(=O)CC2. The van der Waals surface area contributed by atoms with Crippen LogP contribution in [0.3, 0.4) is 0 Å². The van der Waals surface area contributed by atoms with Crippen molar-refractivity contribution in [1.82, 2.24) is 0 Å². The highest BCUT2D eigenvalue weighted by Crippen LogP contribution is 2.38. The van der Waals surface area contributed by atoms with Gasteiger partial charge in [-0.1, -0.05) is 0 Å². The molecule has 0 aromatic heterocycles. The van der Waals surface area contributed by atoms with Crippen molar-refractivity contribution in [2.75, 3.05) is 5.73 Å². The zero-order valence-electron chi connectivity index (χ0n) is 7.69. The lowest BCUT2D eigenvalue weighted by Gasteiger charge is -2.12. The van der Waals surface area contributed by atoms with Crippen LogP contribution in [0.1, 0.15) is 27.9 Å². The van der Waals surface area contributed by atoms with Crippen LogP contribution in [-0.4, -0.2) is 5.78 Å². The normalized spacial score (nSPS) is 15.5. The van der Waals surface area contributed by atoms with Crippen molar-refractivity contribution in [2.24, 2.45) is 0 Å². The molecule has 0 heterocycles. The molecule has 0 amide bonds. The number of anilines is 1. The number of carbonyl (C=O) groups excluding carboxylic acids is 1. The van der Waals surface area contributed by atoms with E-state index in [1.165, 1.54) is 6.07 Å². The second-order valence-electron chi connectivity index (χ2n) is 3.52. The lowest BCUT2D eigenvalue weighted by Crippen LogP contribution is -2.12. The van der Waals surface area contributed by atoms with Gasteiger partial charge < -0.3 is 5.73 Å². The fraction of sp³-hybridized carbons (Fsp3) is 0.300. The maximum absolute atomic E-state index is 12.6. The van der Waals surface area contributed by atoms with Gasteiger partial charge in [0.1, 0.15) is 0 Å². The van der Waals surface area contributed by atoms with Crippen LogP contribution in [0.5, 0.6) is 0 Å². The fourth-order valence-corrected chi connectivity index (χ4v) is 1.85. The van der Waals surface area contributed by atoms with Gasteiger partial charge in [-0.05, 0) is 24.1 Å². The number of hydrogen-bond donors (Lipinski definition) is 1. The van der Waals surface area contributed by atoms with Crippen LogP contribution in [0.2, 0.25) is 0 Å². The molecule has 0 radical (unpaired) electrons. The minimum atomic E-state index is -4.51. The van der Waals surface area contributed by atoms with Crippen molar-refractivity contribution in [2.45, 2.75) is 19.0 Å². The van der Waals surface area contributed by atoms with E-state index in [9.17, 15) is 18.0 Å². The zero-order valence-corrected chi connectivity index (χ0v) is 7.69. The number of rotatable bonds is 0. The number of nitrogen functional groups attached to an aromatic ring is 1. The van der Waals surface area contributed by atoms with Crippen LogP contribution < -0.4 is 5.73 Å². The molecule has 5 heteroatoms. The molecule has 1 aliphatic rings. The Hall–Kier alpha value is -1.52. The fourth-order valence-electron chi connectivity index (χ4n) is 1.85. The number of Topliss-reactive ketones (excluding diaryl/α,β-unsaturated/α-hetero) is 1. The van der Waals surface area contributed by atoms with Gasteiger partial charge in [0.05, 0.1) is 5.56 Å². The van der Waals surface area contributed by atoms with Gasteiger partial charge in [0, 0.05) is 17.7 Å². The smallest absolute Gasteiger partial charge is 0.399 e. The maximum atomic E-state index is 12.6. The summed E-state index contributed by atoms with van der Waals surface area (Å²) in [7, 11) is 0. The molecular weight excluding hydrogens is 207 g/mol. The van der Waals surface area contributed by atoms with Crippen LogP contribution in [0.25, 0.3) is 0 Å². The lowest BCUT2D eigenvalue weighted by molar-refractivity contribution is -0.137. The van der Waals surface area contributed by atoms with Crippen molar-refractivity contribution >= 4 is 11.5 Å². The monoisotopic (exact) mass is 215 g/mol. The van der Waals surface area contributed by atoms with E-state index in [1.54, 1.807) is 0 Å². The van der Waals surface area contributed by atoms with E-state index in [1.807, 2.05) is 0 Å². The number of alkyl halides is 3. The lowest BCUT2D eigenvalue weighted by atomic mass is 10.0.